The van der Waals surface area contributed by atoms with E-state index in [0.29, 0.717) is 64.3 Å². The minimum Gasteiger partial charge on any atom is -0.466 e. The Labute approximate surface area is 238 Å². The SMILES string of the molecule is CCOC(=O)CC1c2ccc3c(c2)CN(CC3)S(=O)(=O)N2CCC(CC2)OCCCCNc2ccc1c(C)c2N. The van der Waals surface area contributed by atoms with Crippen LogP contribution in [-0.2, 0) is 37.4 Å². The molecule has 10 heteroatoms. The molecule has 0 saturated carbocycles. The molecule has 2 atom stereocenters. The molecule has 6 aliphatic rings. The van der Waals surface area contributed by atoms with Crippen LogP contribution in [0.2, 0.25) is 0 Å². The standard InChI is InChI=1S/C30H42N4O5S/c1-3-38-29(35)19-27-23-7-6-22-10-14-34(20-24(22)18-23)40(36,37)33-15-11-25(12-16-33)39-17-5-4-13-32-28-9-8-26(27)21(2)30(28)31/h6-9,18,25,27,32H,3-5,10-17,19-20,31H2,1-2H3. The predicted octanol–water partition coefficient (Wildman–Crippen LogP) is 3.95. The summed E-state index contributed by atoms with van der Waals surface area (Å²) in [5.41, 5.74) is 13.2. The van der Waals surface area contributed by atoms with Gasteiger partial charge in [0, 0.05) is 45.2 Å². The van der Waals surface area contributed by atoms with Crippen molar-refractivity contribution in [3.63, 3.8) is 0 Å². The molecular weight excluding hydrogens is 528 g/mol. The quantitative estimate of drug-likeness (QED) is 0.424. The van der Waals surface area contributed by atoms with E-state index in [9.17, 15) is 13.2 Å². The van der Waals surface area contributed by atoms with Crippen LogP contribution < -0.4 is 11.1 Å². The van der Waals surface area contributed by atoms with E-state index in [4.69, 9.17) is 15.2 Å². The lowest BCUT2D eigenvalue weighted by Crippen LogP contribution is -2.49. The Kier molecular flexibility index (Phi) is 8.99. The number of anilines is 2. The van der Waals surface area contributed by atoms with Crippen LogP contribution in [0.5, 0.6) is 0 Å². The molecule has 2 aromatic rings. The first kappa shape index (κ1) is 28.9. The molecule has 6 aliphatic heterocycles. The molecule has 9 nitrogen and oxygen atoms in total. The first-order valence-corrected chi connectivity index (χ1v) is 15.9. The maximum atomic E-state index is 13.6. The van der Waals surface area contributed by atoms with Crippen LogP contribution in [0, 0.1) is 6.92 Å². The van der Waals surface area contributed by atoms with Gasteiger partial charge in [-0.1, -0.05) is 24.3 Å². The molecule has 0 radical (unpaired) electrons. The van der Waals surface area contributed by atoms with E-state index in [1.54, 1.807) is 15.5 Å². The summed E-state index contributed by atoms with van der Waals surface area (Å²) in [7, 11) is -3.59. The first-order chi connectivity index (χ1) is 19.3. The maximum Gasteiger partial charge on any atom is 0.306 e. The van der Waals surface area contributed by atoms with Crippen LogP contribution in [0.4, 0.5) is 11.4 Å². The van der Waals surface area contributed by atoms with Gasteiger partial charge in [0.2, 0.25) is 0 Å². The number of piperidine rings is 1. The molecule has 2 aromatic carbocycles. The molecular formula is C30H42N4O5S. The molecule has 2 unspecified atom stereocenters. The second-order valence-electron chi connectivity index (χ2n) is 11.0. The third-order valence-electron chi connectivity index (χ3n) is 8.51. The second kappa shape index (κ2) is 12.5. The monoisotopic (exact) mass is 570 g/mol. The lowest BCUT2D eigenvalue weighted by Gasteiger charge is -2.36. The van der Waals surface area contributed by atoms with Crippen molar-refractivity contribution >= 4 is 27.6 Å². The Morgan fingerprint density at radius 3 is 2.67 bits per heavy atom. The highest BCUT2D eigenvalue weighted by Crippen LogP contribution is 2.37. The Balaban J connectivity index is 1.52. The van der Waals surface area contributed by atoms with Crippen molar-refractivity contribution in [2.45, 2.75) is 70.9 Å². The fraction of sp³-hybridized carbons (Fsp3) is 0.567. The first-order valence-electron chi connectivity index (χ1n) is 14.5. The second-order valence-corrected chi connectivity index (χ2v) is 13.0. The molecule has 8 rings (SSSR count). The predicted molar refractivity (Wildman–Crippen MR) is 156 cm³/mol. The van der Waals surface area contributed by atoms with E-state index < -0.39 is 10.2 Å². The van der Waals surface area contributed by atoms with Crippen molar-refractivity contribution in [2.75, 3.05) is 50.4 Å². The summed E-state index contributed by atoms with van der Waals surface area (Å²) in [4.78, 5) is 12.7. The number of hydrogen-bond acceptors (Lipinski definition) is 7. The van der Waals surface area contributed by atoms with Gasteiger partial charge >= 0.3 is 5.97 Å². The van der Waals surface area contributed by atoms with Gasteiger partial charge in [0.25, 0.3) is 10.2 Å². The Hall–Kier alpha value is -2.66. The van der Waals surface area contributed by atoms with Gasteiger partial charge in [-0.25, -0.2) is 0 Å². The molecule has 1 fully saturated rings. The van der Waals surface area contributed by atoms with Gasteiger partial charge in [0.05, 0.1) is 30.5 Å². The fourth-order valence-electron chi connectivity index (χ4n) is 6.13. The van der Waals surface area contributed by atoms with Gasteiger partial charge in [-0.2, -0.15) is 17.0 Å². The van der Waals surface area contributed by atoms with E-state index in [0.717, 1.165) is 52.9 Å². The number of rotatable bonds is 3. The molecule has 40 heavy (non-hydrogen) atoms. The lowest BCUT2D eigenvalue weighted by molar-refractivity contribution is -0.143. The molecule has 0 aromatic heterocycles. The van der Waals surface area contributed by atoms with E-state index in [-0.39, 0.29) is 24.4 Å². The molecule has 0 aliphatic carbocycles. The van der Waals surface area contributed by atoms with Crippen LogP contribution in [0.3, 0.4) is 0 Å². The Bertz CT molecular complexity index is 1320. The number of nitrogens with zero attached hydrogens (tertiary/aromatic N) is 2. The summed E-state index contributed by atoms with van der Waals surface area (Å²) in [5.74, 6) is -0.538. The van der Waals surface area contributed by atoms with Crippen LogP contribution in [0.15, 0.2) is 30.3 Å². The summed E-state index contributed by atoms with van der Waals surface area (Å²) >= 11 is 0. The highest BCUT2D eigenvalue weighted by Gasteiger charge is 2.35. The topological polar surface area (TPSA) is 114 Å². The molecule has 6 heterocycles. The number of benzene rings is 2. The number of hydrogen-bond donors (Lipinski definition) is 2. The molecule has 3 N–H and O–H groups in total. The number of carbonyl (C=O) groups excluding carboxylic acids is 1. The van der Waals surface area contributed by atoms with Crippen molar-refractivity contribution in [3.05, 3.63) is 58.1 Å². The zero-order valence-electron chi connectivity index (χ0n) is 23.7. The Morgan fingerprint density at radius 2 is 1.90 bits per heavy atom. The van der Waals surface area contributed by atoms with Gasteiger partial charge in [-0.3, -0.25) is 4.79 Å². The highest BCUT2D eigenvalue weighted by atomic mass is 32.2. The van der Waals surface area contributed by atoms with Crippen LogP contribution in [0.1, 0.15) is 72.8 Å². The summed E-state index contributed by atoms with van der Waals surface area (Å²) < 4.78 is 41.9. The number of nitrogen functional groups attached to an aromatic ring is 1. The molecule has 0 spiro atoms. The van der Waals surface area contributed by atoms with E-state index >= 15 is 0 Å². The number of ether oxygens (including phenoxy) is 2. The van der Waals surface area contributed by atoms with Crippen LogP contribution in [0.25, 0.3) is 0 Å². The van der Waals surface area contributed by atoms with Gasteiger partial charge in [-0.05, 0) is 79.8 Å². The van der Waals surface area contributed by atoms with E-state index in [2.05, 4.69) is 23.5 Å². The largest absolute Gasteiger partial charge is 0.466 e. The van der Waals surface area contributed by atoms with Gasteiger partial charge in [0.15, 0.2) is 0 Å². The van der Waals surface area contributed by atoms with Crippen molar-refractivity contribution in [1.29, 1.82) is 0 Å². The summed E-state index contributed by atoms with van der Waals surface area (Å²) in [6, 6.07) is 10.3. The van der Waals surface area contributed by atoms with Crippen molar-refractivity contribution in [1.82, 2.24) is 8.61 Å². The third kappa shape index (κ3) is 6.15. The number of esters is 1. The van der Waals surface area contributed by atoms with Crippen LogP contribution >= 0.6 is 0 Å². The highest BCUT2D eigenvalue weighted by molar-refractivity contribution is 7.86. The van der Waals surface area contributed by atoms with Gasteiger partial charge in [-0.15, -0.1) is 0 Å². The van der Waals surface area contributed by atoms with E-state index in [1.165, 1.54) is 0 Å². The molecule has 218 valence electrons. The molecule has 7 bridgehead atoms. The maximum absolute atomic E-state index is 13.6. The van der Waals surface area contributed by atoms with Gasteiger partial charge < -0.3 is 20.5 Å². The third-order valence-corrected chi connectivity index (χ3v) is 10.5. The lowest BCUT2D eigenvalue weighted by atomic mass is 9.83. The molecule has 1 saturated heterocycles. The average Bonchev–Trinajstić information content (AvgIpc) is 2.95. The minimum atomic E-state index is -3.59. The zero-order chi connectivity index (χ0) is 28.3. The molecule has 0 amide bonds. The zero-order valence-corrected chi connectivity index (χ0v) is 24.5. The summed E-state index contributed by atoms with van der Waals surface area (Å²) in [6.45, 7) is 7.28. The van der Waals surface area contributed by atoms with E-state index in [1.807, 2.05) is 19.1 Å². The number of nitrogens with two attached hydrogens (primary N) is 1. The average molecular weight is 571 g/mol. The minimum absolute atomic E-state index is 0.0975. The van der Waals surface area contributed by atoms with Crippen molar-refractivity contribution in [2.24, 2.45) is 0 Å². The van der Waals surface area contributed by atoms with Crippen LogP contribution in [-0.4, -0.2) is 68.5 Å². The number of nitrogens with one attached hydrogen (secondary N) is 1. The Morgan fingerprint density at radius 1 is 1.10 bits per heavy atom. The summed E-state index contributed by atoms with van der Waals surface area (Å²) in [6.07, 6.45) is 4.20. The van der Waals surface area contributed by atoms with Gasteiger partial charge in [0.1, 0.15) is 0 Å². The normalized spacial score (nSPS) is 26.6. The van der Waals surface area contributed by atoms with Crippen molar-refractivity contribution < 1.29 is 22.7 Å². The fourth-order valence-corrected chi connectivity index (χ4v) is 7.75. The number of carbonyl (C=O) groups is 1. The van der Waals surface area contributed by atoms with Crippen molar-refractivity contribution in [3.8, 4) is 0 Å². The smallest absolute Gasteiger partial charge is 0.306 e. The summed E-state index contributed by atoms with van der Waals surface area (Å²) in [5, 5.41) is 3.47.